The summed E-state index contributed by atoms with van der Waals surface area (Å²) < 4.78 is 16.8. The molecule has 0 heterocycles. The molecule has 0 bridgehead atoms. The van der Waals surface area contributed by atoms with E-state index in [1.165, 1.54) is 167 Å². The van der Waals surface area contributed by atoms with Gasteiger partial charge in [-0.25, -0.2) is 0 Å². The van der Waals surface area contributed by atoms with E-state index < -0.39 is 6.10 Å². The second-order valence-corrected chi connectivity index (χ2v) is 20.2. The van der Waals surface area contributed by atoms with Crippen LogP contribution in [0.5, 0.6) is 0 Å². The first-order valence-electron chi connectivity index (χ1n) is 30.4. The predicted molar refractivity (Wildman–Crippen MR) is 307 cm³/mol. The first kappa shape index (κ1) is 67.8. The SMILES string of the molecule is CC/C=C\C/C=C\C/C=C\C/C=C\C/C=C\CCCCCCCCCCCCCCCC(=O)OCC(COC(=O)CCCCCCCCCC)OC(=O)CCCCCCC/C=C\CCCCCCCCC. The Kier molecular flexibility index (Phi) is 56.8. The lowest BCUT2D eigenvalue weighted by Gasteiger charge is -2.18. The third-order valence-electron chi connectivity index (χ3n) is 13.2. The lowest BCUT2D eigenvalue weighted by molar-refractivity contribution is -0.167. The molecule has 71 heavy (non-hydrogen) atoms. The first-order chi connectivity index (χ1) is 35.0. The smallest absolute Gasteiger partial charge is 0.306 e. The monoisotopic (exact) mass is 991 g/mol. The van der Waals surface area contributed by atoms with E-state index in [2.05, 4.69) is 93.7 Å². The van der Waals surface area contributed by atoms with Crippen LogP contribution in [0, 0.1) is 0 Å². The normalized spacial score (nSPS) is 12.5. The molecule has 0 aromatic heterocycles. The van der Waals surface area contributed by atoms with Gasteiger partial charge in [0.1, 0.15) is 13.2 Å². The molecule has 0 fully saturated rings. The molecule has 6 nitrogen and oxygen atoms in total. The third-order valence-corrected chi connectivity index (χ3v) is 13.2. The van der Waals surface area contributed by atoms with Crippen molar-refractivity contribution in [3.63, 3.8) is 0 Å². The van der Waals surface area contributed by atoms with Crippen LogP contribution < -0.4 is 0 Å². The molecule has 0 aromatic rings. The zero-order chi connectivity index (χ0) is 51.4. The average molecular weight is 992 g/mol. The van der Waals surface area contributed by atoms with E-state index in [0.717, 1.165) is 96.3 Å². The number of esters is 3. The van der Waals surface area contributed by atoms with E-state index >= 15 is 0 Å². The van der Waals surface area contributed by atoms with E-state index in [4.69, 9.17) is 14.2 Å². The van der Waals surface area contributed by atoms with Crippen LogP contribution in [0.1, 0.15) is 303 Å². The summed E-state index contributed by atoms with van der Waals surface area (Å²) in [7, 11) is 0. The third kappa shape index (κ3) is 57.6. The van der Waals surface area contributed by atoms with Crippen LogP contribution in [0.2, 0.25) is 0 Å². The lowest BCUT2D eigenvalue weighted by Crippen LogP contribution is -2.30. The van der Waals surface area contributed by atoms with Crippen molar-refractivity contribution < 1.29 is 28.6 Å². The Labute approximate surface area is 440 Å². The van der Waals surface area contributed by atoms with Gasteiger partial charge in [0.25, 0.3) is 0 Å². The van der Waals surface area contributed by atoms with Gasteiger partial charge < -0.3 is 14.2 Å². The summed E-state index contributed by atoms with van der Waals surface area (Å²) in [6.45, 7) is 6.51. The van der Waals surface area contributed by atoms with E-state index in [0.29, 0.717) is 19.3 Å². The summed E-state index contributed by atoms with van der Waals surface area (Å²) in [4.78, 5) is 38.0. The quantitative estimate of drug-likeness (QED) is 0.0261. The van der Waals surface area contributed by atoms with Gasteiger partial charge in [-0.3, -0.25) is 14.4 Å². The maximum Gasteiger partial charge on any atom is 0.306 e. The Hall–Kier alpha value is -3.15. The molecule has 0 rings (SSSR count). The molecule has 0 aromatic carbocycles. The summed E-state index contributed by atoms with van der Waals surface area (Å²) in [6.07, 6.45) is 76.3. The molecule has 0 N–H and O–H groups in total. The summed E-state index contributed by atoms with van der Waals surface area (Å²) in [5.74, 6) is -0.879. The molecule has 0 saturated carbocycles. The van der Waals surface area contributed by atoms with Crippen LogP contribution in [0.15, 0.2) is 72.9 Å². The number of hydrogen-bond donors (Lipinski definition) is 0. The summed E-state index contributed by atoms with van der Waals surface area (Å²) >= 11 is 0. The van der Waals surface area contributed by atoms with Gasteiger partial charge in [0.05, 0.1) is 0 Å². The zero-order valence-corrected chi connectivity index (χ0v) is 47.0. The summed E-state index contributed by atoms with van der Waals surface area (Å²) in [5.41, 5.74) is 0. The van der Waals surface area contributed by atoms with Crippen molar-refractivity contribution >= 4 is 17.9 Å². The van der Waals surface area contributed by atoms with E-state index in [1.807, 2.05) is 0 Å². The average Bonchev–Trinajstić information content (AvgIpc) is 3.37. The first-order valence-corrected chi connectivity index (χ1v) is 30.4. The molecule has 0 aliphatic heterocycles. The molecule has 6 heteroatoms. The van der Waals surface area contributed by atoms with E-state index in [9.17, 15) is 14.4 Å². The second kappa shape index (κ2) is 59.4. The topological polar surface area (TPSA) is 78.9 Å². The summed E-state index contributed by atoms with van der Waals surface area (Å²) in [6, 6.07) is 0. The van der Waals surface area contributed by atoms with Crippen LogP contribution in [0.4, 0.5) is 0 Å². The summed E-state index contributed by atoms with van der Waals surface area (Å²) in [5, 5.41) is 0. The van der Waals surface area contributed by atoms with Gasteiger partial charge in [0.2, 0.25) is 0 Å². The number of carbonyl (C=O) groups excluding carboxylic acids is 3. The Bertz CT molecular complexity index is 1320. The molecule has 0 amide bonds. The van der Waals surface area contributed by atoms with Crippen molar-refractivity contribution in [2.45, 2.75) is 309 Å². The molecule has 0 saturated heterocycles. The van der Waals surface area contributed by atoms with Gasteiger partial charge in [-0.15, -0.1) is 0 Å². The van der Waals surface area contributed by atoms with Crippen molar-refractivity contribution in [2.75, 3.05) is 13.2 Å². The fraction of sp³-hybridized carbons (Fsp3) is 0.769. The van der Waals surface area contributed by atoms with Crippen molar-refractivity contribution in [2.24, 2.45) is 0 Å². The molecule has 0 radical (unpaired) electrons. The highest BCUT2D eigenvalue weighted by Gasteiger charge is 2.19. The van der Waals surface area contributed by atoms with Crippen molar-refractivity contribution in [3.05, 3.63) is 72.9 Å². The molecule has 1 atom stereocenters. The minimum atomic E-state index is -0.776. The Morgan fingerprint density at radius 2 is 0.549 bits per heavy atom. The fourth-order valence-electron chi connectivity index (χ4n) is 8.64. The molecule has 0 aliphatic rings. The number of unbranched alkanes of at least 4 members (excludes halogenated alkanes) is 32. The van der Waals surface area contributed by atoms with Crippen LogP contribution in [0.3, 0.4) is 0 Å². The highest BCUT2D eigenvalue weighted by Crippen LogP contribution is 2.16. The largest absolute Gasteiger partial charge is 0.462 e. The zero-order valence-electron chi connectivity index (χ0n) is 47.0. The number of ether oxygens (including phenoxy) is 3. The van der Waals surface area contributed by atoms with Gasteiger partial charge in [-0.05, 0) is 89.9 Å². The number of carbonyl (C=O) groups is 3. The highest BCUT2D eigenvalue weighted by molar-refractivity contribution is 5.71. The van der Waals surface area contributed by atoms with Crippen LogP contribution in [0.25, 0.3) is 0 Å². The highest BCUT2D eigenvalue weighted by atomic mass is 16.6. The molecule has 0 spiro atoms. The van der Waals surface area contributed by atoms with Gasteiger partial charge in [-0.1, -0.05) is 267 Å². The molecular formula is C65H114O6. The Morgan fingerprint density at radius 3 is 0.873 bits per heavy atom. The van der Waals surface area contributed by atoms with E-state index in [-0.39, 0.29) is 31.1 Å². The van der Waals surface area contributed by atoms with Crippen LogP contribution >= 0.6 is 0 Å². The second-order valence-electron chi connectivity index (χ2n) is 20.2. The fourth-order valence-corrected chi connectivity index (χ4v) is 8.64. The standard InChI is InChI=1S/C65H114O6/c1-4-7-10-13-16-19-21-23-25-27-28-29-30-31-32-33-34-35-36-37-38-39-41-42-44-46-49-52-55-58-64(67)70-61-62(60-69-63(66)57-54-51-48-18-15-12-9-6-3)71-65(68)59-56-53-50-47-45-43-40-26-24-22-20-17-14-11-8-5-2/h7,10,16,19,23,25-26,28-29,31-32,40,62H,4-6,8-9,11-15,17-18,20-22,24,27,30,33-39,41-61H2,1-3H3/b10-7-,19-16-,25-23-,29-28-,32-31-,40-26-. The minimum absolute atomic E-state index is 0.0756. The van der Waals surface area contributed by atoms with Gasteiger partial charge >= 0.3 is 17.9 Å². The maximum absolute atomic E-state index is 12.8. The van der Waals surface area contributed by atoms with Gasteiger partial charge in [-0.2, -0.15) is 0 Å². The van der Waals surface area contributed by atoms with Crippen LogP contribution in [-0.4, -0.2) is 37.2 Å². The van der Waals surface area contributed by atoms with Crippen molar-refractivity contribution in [1.29, 1.82) is 0 Å². The lowest BCUT2D eigenvalue weighted by atomic mass is 10.0. The maximum atomic E-state index is 12.8. The molecule has 410 valence electrons. The number of rotatable bonds is 55. The number of hydrogen-bond acceptors (Lipinski definition) is 6. The molecule has 0 aliphatic carbocycles. The van der Waals surface area contributed by atoms with Crippen molar-refractivity contribution in [3.8, 4) is 0 Å². The van der Waals surface area contributed by atoms with E-state index in [1.54, 1.807) is 0 Å². The Balaban J connectivity index is 4.13. The number of allylic oxidation sites excluding steroid dienone is 12. The van der Waals surface area contributed by atoms with Crippen LogP contribution in [-0.2, 0) is 28.6 Å². The predicted octanol–water partition coefficient (Wildman–Crippen LogP) is 20.5. The van der Waals surface area contributed by atoms with Gasteiger partial charge in [0, 0.05) is 19.3 Å². The molecule has 1 unspecified atom stereocenters. The molecular weight excluding hydrogens is 877 g/mol. The van der Waals surface area contributed by atoms with Gasteiger partial charge in [0.15, 0.2) is 6.10 Å². The minimum Gasteiger partial charge on any atom is -0.462 e. The Morgan fingerprint density at radius 1 is 0.296 bits per heavy atom. The van der Waals surface area contributed by atoms with Crippen molar-refractivity contribution in [1.82, 2.24) is 0 Å².